The molecule has 1 rings (SSSR count). The van der Waals surface area contributed by atoms with Crippen LogP contribution in [0, 0.1) is 11.3 Å². The van der Waals surface area contributed by atoms with Crippen LogP contribution < -0.4 is 11.1 Å². The molecule has 1 fully saturated rings. The van der Waals surface area contributed by atoms with E-state index >= 15 is 0 Å². The van der Waals surface area contributed by atoms with E-state index in [2.05, 4.69) is 33.0 Å². The van der Waals surface area contributed by atoms with Gasteiger partial charge in [0.15, 0.2) is 0 Å². The normalized spacial score (nSPS) is 31.7. The van der Waals surface area contributed by atoms with Crippen molar-refractivity contribution in [3.05, 3.63) is 0 Å². The molecule has 2 nitrogen and oxygen atoms in total. The molecule has 1 aliphatic rings. The third kappa shape index (κ3) is 4.42. The van der Waals surface area contributed by atoms with E-state index in [4.69, 9.17) is 5.73 Å². The molecule has 0 aliphatic heterocycles. The smallest absolute Gasteiger partial charge is 0.0283 e. The largest absolute Gasteiger partial charge is 0.324 e. The van der Waals surface area contributed by atoms with Gasteiger partial charge in [-0.1, -0.05) is 40.5 Å². The number of nitrogens with one attached hydrogen (secondary N) is 1. The van der Waals surface area contributed by atoms with E-state index in [1.807, 2.05) is 0 Å². The fourth-order valence-electron chi connectivity index (χ4n) is 2.64. The summed E-state index contributed by atoms with van der Waals surface area (Å²) in [6.07, 6.45) is 6.26. The zero-order valence-electron chi connectivity index (χ0n) is 11.6. The molecule has 1 saturated carbocycles. The molecule has 0 amide bonds. The summed E-state index contributed by atoms with van der Waals surface area (Å²) >= 11 is 0. The Kier molecular flexibility index (Phi) is 4.81. The third-order valence-electron chi connectivity index (χ3n) is 4.16. The van der Waals surface area contributed by atoms with Gasteiger partial charge in [0.1, 0.15) is 0 Å². The van der Waals surface area contributed by atoms with E-state index < -0.39 is 0 Å². The first-order valence-corrected chi connectivity index (χ1v) is 6.86. The molecule has 0 bridgehead atoms. The van der Waals surface area contributed by atoms with Crippen LogP contribution in [0.25, 0.3) is 0 Å². The molecule has 0 radical (unpaired) electrons. The van der Waals surface area contributed by atoms with Crippen LogP contribution in [0.4, 0.5) is 0 Å². The molecular formula is C14H30N2. The molecule has 0 aromatic rings. The van der Waals surface area contributed by atoms with Crippen LogP contribution in [0.5, 0.6) is 0 Å². The van der Waals surface area contributed by atoms with Crippen LogP contribution in [-0.2, 0) is 0 Å². The first-order valence-electron chi connectivity index (χ1n) is 6.86. The summed E-state index contributed by atoms with van der Waals surface area (Å²) in [6.45, 7) is 11.3. The van der Waals surface area contributed by atoms with E-state index in [9.17, 15) is 0 Å². The van der Waals surface area contributed by atoms with Crippen molar-refractivity contribution >= 4 is 0 Å². The Bertz CT molecular complexity index is 213. The van der Waals surface area contributed by atoms with E-state index in [0.29, 0.717) is 5.41 Å². The molecule has 0 saturated heterocycles. The number of hydrogen-bond acceptors (Lipinski definition) is 2. The maximum absolute atomic E-state index is 6.46. The summed E-state index contributed by atoms with van der Waals surface area (Å²) in [7, 11) is 0. The van der Waals surface area contributed by atoms with Gasteiger partial charge in [-0.3, -0.25) is 0 Å². The van der Waals surface area contributed by atoms with Gasteiger partial charge in [-0.05, 0) is 30.6 Å². The van der Waals surface area contributed by atoms with Crippen molar-refractivity contribution in [2.45, 2.75) is 65.3 Å². The Labute approximate surface area is 101 Å². The lowest BCUT2D eigenvalue weighted by atomic mass is 9.77. The minimum Gasteiger partial charge on any atom is -0.324 e. The Balaban J connectivity index is 2.31. The molecule has 2 atom stereocenters. The molecule has 16 heavy (non-hydrogen) atoms. The summed E-state index contributed by atoms with van der Waals surface area (Å²) in [5, 5.41) is 3.58. The van der Waals surface area contributed by atoms with Crippen LogP contribution in [0.3, 0.4) is 0 Å². The summed E-state index contributed by atoms with van der Waals surface area (Å²) in [6, 6.07) is 0. The number of rotatable bonds is 5. The third-order valence-corrected chi connectivity index (χ3v) is 4.16. The fraction of sp³-hybridized carbons (Fsp3) is 1.00. The Morgan fingerprint density at radius 2 is 2.12 bits per heavy atom. The van der Waals surface area contributed by atoms with Gasteiger partial charge in [0.05, 0.1) is 0 Å². The highest BCUT2D eigenvalue weighted by molar-refractivity contribution is 4.92. The van der Waals surface area contributed by atoms with E-state index in [0.717, 1.165) is 19.0 Å². The molecule has 0 spiro atoms. The number of hydrogen-bond donors (Lipinski definition) is 2. The van der Waals surface area contributed by atoms with Crippen LogP contribution in [0.1, 0.15) is 59.8 Å². The molecule has 0 heterocycles. The van der Waals surface area contributed by atoms with Crippen molar-refractivity contribution in [1.82, 2.24) is 5.32 Å². The van der Waals surface area contributed by atoms with Crippen molar-refractivity contribution in [1.29, 1.82) is 0 Å². The maximum Gasteiger partial charge on any atom is 0.0283 e. The SMILES string of the molecule is CCC(C)(C)CNCC1(N)CCCC(C)C1. The lowest BCUT2D eigenvalue weighted by molar-refractivity contribution is 0.217. The first-order chi connectivity index (χ1) is 7.37. The highest BCUT2D eigenvalue weighted by atomic mass is 14.9. The molecule has 0 aromatic heterocycles. The molecule has 3 N–H and O–H groups in total. The fourth-order valence-corrected chi connectivity index (χ4v) is 2.64. The van der Waals surface area contributed by atoms with Gasteiger partial charge >= 0.3 is 0 Å². The van der Waals surface area contributed by atoms with Crippen LogP contribution >= 0.6 is 0 Å². The minimum atomic E-state index is 0.0570. The first kappa shape index (κ1) is 14.0. The Morgan fingerprint density at radius 3 is 2.69 bits per heavy atom. The molecule has 0 aromatic carbocycles. The summed E-state index contributed by atoms with van der Waals surface area (Å²) in [4.78, 5) is 0. The van der Waals surface area contributed by atoms with E-state index in [1.54, 1.807) is 0 Å². The second kappa shape index (κ2) is 5.50. The highest BCUT2D eigenvalue weighted by Crippen LogP contribution is 2.30. The van der Waals surface area contributed by atoms with Gasteiger partial charge < -0.3 is 11.1 Å². The lowest BCUT2D eigenvalue weighted by Gasteiger charge is -2.38. The second-order valence-corrected chi connectivity index (χ2v) is 6.69. The standard InChI is InChI=1S/C14H30N2/c1-5-13(3,4)10-16-11-14(15)8-6-7-12(2)9-14/h12,16H,5-11,15H2,1-4H3. The molecule has 2 unspecified atom stereocenters. The number of nitrogens with two attached hydrogens (primary N) is 1. The molecule has 1 aliphatic carbocycles. The molecular weight excluding hydrogens is 196 g/mol. The quantitative estimate of drug-likeness (QED) is 0.756. The van der Waals surface area contributed by atoms with Gasteiger partial charge in [-0.2, -0.15) is 0 Å². The zero-order valence-corrected chi connectivity index (χ0v) is 11.6. The van der Waals surface area contributed by atoms with Gasteiger partial charge in [0.25, 0.3) is 0 Å². The van der Waals surface area contributed by atoms with Crippen molar-refractivity contribution in [3.63, 3.8) is 0 Å². The maximum atomic E-state index is 6.46. The van der Waals surface area contributed by atoms with Gasteiger partial charge in [0, 0.05) is 18.6 Å². The van der Waals surface area contributed by atoms with Crippen molar-refractivity contribution in [2.24, 2.45) is 17.1 Å². The van der Waals surface area contributed by atoms with E-state index in [-0.39, 0.29) is 5.54 Å². The van der Waals surface area contributed by atoms with Gasteiger partial charge in [-0.25, -0.2) is 0 Å². The van der Waals surface area contributed by atoms with Crippen LogP contribution in [0.15, 0.2) is 0 Å². The Hall–Kier alpha value is -0.0800. The van der Waals surface area contributed by atoms with Gasteiger partial charge in [-0.15, -0.1) is 0 Å². The van der Waals surface area contributed by atoms with Gasteiger partial charge in [0.2, 0.25) is 0 Å². The van der Waals surface area contributed by atoms with Crippen molar-refractivity contribution in [3.8, 4) is 0 Å². The minimum absolute atomic E-state index is 0.0570. The average molecular weight is 226 g/mol. The second-order valence-electron chi connectivity index (χ2n) is 6.69. The Morgan fingerprint density at radius 1 is 1.44 bits per heavy atom. The predicted molar refractivity (Wildman–Crippen MR) is 71.5 cm³/mol. The van der Waals surface area contributed by atoms with Crippen LogP contribution in [-0.4, -0.2) is 18.6 Å². The van der Waals surface area contributed by atoms with Crippen molar-refractivity contribution in [2.75, 3.05) is 13.1 Å². The monoisotopic (exact) mass is 226 g/mol. The molecule has 2 heteroatoms. The average Bonchev–Trinajstić information content (AvgIpc) is 2.16. The summed E-state index contributed by atoms with van der Waals surface area (Å²) in [5.41, 5.74) is 6.91. The lowest BCUT2D eigenvalue weighted by Crippen LogP contribution is -2.52. The van der Waals surface area contributed by atoms with Crippen LogP contribution in [0.2, 0.25) is 0 Å². The van der Waals surface area contributed by atoms with E-state index in [1.165, 1.54) is 32.1 Å². The van der Waals surface area contributed by atoms with Crippen molar-refractivity contribution < 1.29 is 0 Å². The summed E-state index contributed by atoms with van der Waals surface area (Å²) < 4.78 is 0. The summed E-state index contributed by atoms with van der Waals surface area (Å²) in [5.74, 6) is 0.805. The highest BCUT2D eigenvalue weighted by Gasteiger charge is 2.30. The zero-order chi connectivity index (χ0) is 12.2. The predicted octanol–water partition coefficient (Wildman–Crippen LogP) is 2.92. The molecule has 96 valence electrons. The topological polar surface area (TPSA) is 38.0 Å².